The summed E-state index contributed by atoms with van der Waals surface area (Å²) in [4.78, 5) is 19.3. The summed E-state index contributed by atoms with van der Waals surface area (Å²) >= 11 is 0.844. The van der Waals surface area contributed by atoms with Gasteiger partial charge in [0.25, 0.3) is 5.91 Å². The van der Waals surface area contributed by atoms with E-state index in [0.717, 1.165) is 23.5 Å². The van der Waals surface area contributed by atoms with Gasteiger partial charge in [-0.05, 0) is 31.9 Å². The van der Waals surface area contributed by atoms with E-state index in [4.69, 9.17) is 16.2 Å². The Morgan fingerprint density at radius 1 is 1.32 bits per heavy atom. The molecule has 182 valence electrons. The predicted octanol–water partition coefficient (Wildman–Crippen LogP) is 2.99. The van der Waals surface area contributed by atoms with Gasteiger partial charge in [0.1, 0.15) is 27.3 Å². The van der Waals surface area contributed by atoms with Gasteiger partial charge >= 0.3 is 0 Å². The fourth-order valence-corrected chi connectivity index (χ4v) is 4.98. The summed E-state index contributed by atoms with van der Waals surface area (Å²) in [7, 11) is 3.44. The predicted molar refractivity (Wildman–Crippen MR) is 128 cm³/mol. The van der Waals surface area contributed by atoms with Gasteiger partial charge in [-0.25, -0.2) is 13.8 Å². The standard InChI is InChI=1S/C22H27F2N7O2S/c1-22(33-3)8-10-31(9-7-15(22)25)21-14(11-27-30(21)2)28-19(32)17-18(26)34-20(29-17)16-12(23)5-4-6-13(16)24/h4-6,11,15H,7-10,25-26H2,1-3H3,(H,28,32). The zero-order valence-electron chi connectivity index (χ0n) is 19.1. The molecule has 1 amide bonds. The number of nitrogen functional groups attached to an aromatic ring is 1. The van der Waals surface area contributed by atoms with Crippen molar-refractivity contribution >= 4 is 33.8 Å². The lowest BCUT2D eigenvalue weighted by molar-refractivity contribution is -0.0177. The zero-order chi connectivity index (χ0) is 24.6. The van der Waals surface area contributed by atoms with Crippen LogP contribution in [0, 0.1) is 11.6 Å². The highest BCUT2D eigenvalue weighted by Gasteiger charge is 2.36. The fraction of sp³-hybridized carbons (Fsp3) is 0.409. The van der Waals surface area contributed by atoms with Crippen molar-refractivity contribution in [3.8, 4) is 10.6 Å². The Morgan fingerprint density at radius 2 is 2.03 bits per heavy atom. The maximum atomic E-state index is 14.2. The minimum Gasteiger partial charge on any atom is -0.389 e. The number of carbonyl (C=O) groups excluding carboxylic acids is 1. The highest BCUT2D eigenvalue weighted by molar-refractivity contribution is 7.19. The number of methoxy groups -OCH3 is 1. The largest absolute Gasteiger partial charge is 0.389 e. The van der Waals surface area contributed by atoms with E-state index in [1.54, 1.807) is 18.8 Å². The lowest BCUT2D eigenvalue weighted by Crippen LogP contribution is -2.46. The highest BCUT2D eigenvalue weighted by Crippen LogP contribution is 2.35. The van der Waals surface area contributed by atoms with Crippen LogP contribution in [0.25, 0.3) is 10.6 Å². The zero-order valence-corrected chi connectivity index (χ0v) is 20.0. The third-order valence-electron chi connectivity index (χ3n) is 6.34. The average molecular weight is 492 g/mol. The number of benzene rings is 1. The van der Waals surface area contributed by atoms with Crippen molar-refractivity contribution in [3.63, 3.8) is 0 Å². The molecule has 1 saturated heterocycles. The molecule has 0 radical (unpaired) electrons. The minimum absolute atomic E-state index is 0.00924. The van der Waals surface area contributed by atoms with E-state index in [2.05, 4.69) is 20.3 Å². The molecule has 1 fully saturated rings. The number of hydrogen-bond acceptors (Lipinski definition) is 8. The minimum atomic E-state index is -0.780. The number of rotatable bonds is 5. The molecule has 0 bridgehead atoms. The third kappa shape index (κ3) is 4.36. The quantitative estimate of drug-likeness (QED) is 0.501. The van der Waals surface area contributed by atoms with E-state index >= 15 is 0 Å². The number of aryl methyl sites for hydroxylation is 1. The molecule has 0 saturated carbocycles. The molecule has 12 heteroatoms. The van der Waals surface area contributed by atoms with Crippen LogP contribution in [-0.2, 0) is 11.8 Å². The first-order valence-electron chi connectivity index (χ1n) is 10.7. The summed E-state index contributed by atoms with van der Waals surface area (Å²) in [5.41, 5.74) is 11.9. The van der Waals surface area contributed by atoms with Crippen molar-refractivity contribution in [2.75, 3.05) is 36.1 Å². The van der Waals surface area contributed by atoms with Crippen LogP contribution in [0.3, 0.4) is 0 Å². The Bertz CT molecular complexity index is 1190. The number of amides is 1. The maximum Gasteiger partial charge on any atom is 0.277 e. The molecule has 1 aromatic carbocycles. The first-order chi connectivity index (χ1) is 16.1. The Kier molecular flexibility index (Phi) is 6.56. The number of thiazole rings is 1. The molecule has 3 heterocycles. The Hall–Kier alpha value is -3.09. The van der Waals surface area contributed by atoms with Gasteiger partial charge in [0.15, 0.2) is 11.5 Å². The van der Waals surface area contributed by atoms with Gasteiger partial charge < -0.3 is 26.4 Å². The molecule has 1 aliphatic heterocycles. The SMILES string of the molecule is COC1(C)CCN(c2c(NC(=O)c3nc(-c4c(F)cccc4F)sc3N)cnn2C)CCC1N. The first-order valence-corrected chi connectivity index (χ1v) is 11.6. The second kappa shape index (κ2) is 9.28. The monoisotopic (exact) mass is 491 g/mol. The molecule has 2 atom stereocenters. The van der Waals surface area contributed by atoms with E-state index in [1.807, 2.05) is 6.92 Å². The Labute approximate surface area is 199 Å². The topological polar surface area (TPSA) is 124 Å². The van der Waals surface area contributed by atoms with Crippen molar-refractivity contribution in [3.05, 3.63) is 41.7 Å². The lowest BCUT2D eigenvalue weighted by atomic mass is 9.92. The average Bonchev–Trinajstić information content (AvgIpc) is 3.31. The summed E-state index contributed by atoms with van der Waals surface area (Å²) < 4.78 is 35.7. The van der Waals surface area contributed by atoms with Crippen molar-refractivity contribution < 1.29 is 18.3 Å². The molecule has 3 aromatic rings. The number of nitrogens with one attached hydrogen (secondary N) is 1. The second-order valence-corrected chi connectivity index (χ2v) is 9.47. The number of anilines is 3. The van der Waals surface area contributed by atoms with Gasteiger partial charge in [-0.3, -0.25) is 9.48 Å². The van der Waals surface area contributed by atoms with E-state index in [-0.39, 0.29) is 27.3 Å². The molecule has 0 aliphatic carbocycles. The van der Waals surface area contributed by atoms with Gasteiger partial charge in [-0.1, -0.05) is 17.4 Å². The van der Waals surface area contributed by atoms with Crippen molar-refractivity contribution in [1.29, 1.82) is 0 Å². The van der Waals surface area contributed by atoms with Crippen LogP contribution in [-0.4, -0.2) is 52.5 Å². The van der Waals surface area contributed by atoms with Gasteiger partial charge in [-0.15, -0.1) is 0 Å². The third-order valence-corrected chi connectivity index (χ3v) is 7.24. The smallest absolute Gasteiger partial charge is 0.277 e. The van der Waals surface area contributed by atoms with Crippen molar-refractivity contribution in [2.45, 2.75) is 31.4 Å². The normalized spacial score (nSPS) is 20.9. The first kappa shape index (κ1) is 24.0. The molecular weight excluding hydrogens is 464 g/mol. The van der Waals surface area contributed by atoms with E-state index in [9.17, 15) is 13.6 Å². The number of carbonyl (C=O) groups is 1. The molecule has 5 N–H and O–H groups in total. The molecular formula is C22H27F2N7O2S. The van der Waals surface area contributed by atoms with Crippen molar-refractivity contribution in [1.82, 2.24) is 14.8 Å². The maximum absolute atomic E-state index is 14.2. The van der Waals surface area contributed by atoms with Gasteiger partial charge in [-0.2, -0.15) is 5.10 Å². The van der Waals surface area contributed by atoms with E-state index < -0.39 is 23.1 Å². The van der Waals surface area contributed by atoms with Crippen LogP contribution >= 0.6 is 11.3 Å². The van der Waals surface area contributed by atoms with E-state index in [0.29, 0.717) is 37.4 Å². The summed E-state index contributed by atoms with van der Waals surface area (Å²) in [6.45, 7) is 3.29. The van der Waals surface area contributed by atoms with Crippen LogP contribution in [0.5, 0.6) is 0 Å². The number of ether oxygens (including phenoxy) is 1. The number of halogens is 2. The van der Waals surface area contributed by atoms with Crippen molar-refractivity contribution in [2.24, 2.45) is 12.8 Å². The Morgan fingerprint density at radius 3 is 2.71 bits per heavy atom. The number of nitrogens with zero attached hydrogens (tertiary/aromatic N) is 4. The molecule has 1 aliphatic rings. The highest BCUT2D eigenvalue weighted by atomic mass is 32.1. The van der Waals surface area contributed by atoms with Crippen LogP contribution in [0.1, 0.15) is 30.3 Å². The van der Waals surface area contributed by atoms with Crippen LogP contribution in [0.4, 0.5) is 25.3 Å². The summed E-state index contributed by atoms with van der Waals surface area (Å²) in [6.07, 6.45) is 2.92. The molecule has 0 spiro atoms. The van der Waals surface area contributed by atoms with Gasteiger partial charge in [0.05, 0.1) is 17.4 Å². The van der Waals surface area contributed by atoms with E-state index in [1.165, 1.54) is 12.3 Å². The molecule has 2 unspecified atom stereocenters. The fourth-order valence-electron chi connectivity index (χ4n) is 4.10. The lowest BCUT2D eigenvalue weighted by Gasteiger charge is -2.32. The summed E-state index contributed by atoms with van der Waals surface area (Å²) in [5, 5.41) is 7.13. The molecule has 34 heavy (non-hydrogen) atoms. The Balaban J connectivity index is 1.59. The van der Waals surface area contributed by atoms with Gasteiger partial charge in [0, 0.05) is 33.3 Å². The number of hydrogen-bond donors (Lipinski definition) is 3. The summed E-state index contributed by atoms with van der Waals surface area (Å²) in [6, 6.07) is 3.37. The molecule has 2 aromatic heterocycles. The van der Waals surface area contributed by atoms with Crippen LogP contribution < -0.4 is 21.7 Å². The number of nitrogens with two attached hydrogens (primary N) is 2. The van der Waals surface area contributed by atoms with Crippen LogP contribution in [0.2, 0.25) is 0 Å². The second-order valence-electron chi connectivity index (χ2n) is 8.44. The van der Waals surface area contributed by atoms with Gasteiger partial charge in [0.2, 0.25) is 0 Å². The molecule has 9 nitrogen and oxygen atoms in total. The molecule has 4 rings (SSSR count). The summed E-state index contributed by atoms with van der Waals surface area (Å²) in [5.74, 6) is -1.45. The number of aromatic nitrogens is 3. The van der Waals surface area contributed by atoms with Crippen LogP contribution in [0.15, 0.2) is 24.4 Å².